The molecule has 0 amide bonds. The first-order valence-electron chi connectivity index (χ1n) is 4.58. The molecular weight excluding hydrogens is 181 g/mol. The van der Waals surface area contributed by atoms with Crippen molar-refractivity contribution in [3.63, 3.8) is 0 Å². The van der Waals surface area contributed by atoms with Crippen LogP contribution in [-0.2, 0) is 0 Å². The number of hydrogen-bond acceptors (Lipinski definition) is 2. The minimum Gasteiger partial charge on any atom is -0.327 e. The van der Waals surface area contributed by atoms with Crippen molar-refractivity contribution < 1.29 is 9.18 Å². The van der Waals surface area contributed by atoms with Gasteiger partial charge in [0.15, 0.2) is 5.78 Å². The summed E-state index contributed by atoms with van der Waals surface area (Å²) in [5, 5.41) is 0. The van der Waals surface area contributed by atoms with Crippen LogP contribution in [0.2, 0.25) is 0 Å². The highest BCUT2D eigenvalue weighted by Gasteiger charge is 2.20. The van der Waals surface area contributed by atoms with Crippen molar-refractivity contribution in [2.45, 2.75) is 19.9 Å². The number of ketones is 1. The maximum Gasteiger partial charge on any atom is 0.170 e. The molecule has 0 aromatic heterocycles. The fourth-order valence-corrected chi connectivity index (χ4v) is 1.15. The second kappa shape index (κ2) is 4.33. The Bertz CT molecular complexity index is 336. The van der Waals surface area contributed by atoms with E-state index in [0.717, 1.165) is 0 Å². The molecule has 0 aliphatic rings. The normalized spacial score (nSPS) is 14.9. The third-order valence-corrected chi connectivity index (χ3v) is 2.34. The number of carbonyl (C=O) groups excluding carboxylic acids is 1. The molecule has 1 aromatic carbocycles. The van der Waals surface area contributed by atoms with Gasteiger partial charge in [-0.2, -0.15) is 0 Å². The molecule has 0 bridgehead atoms. The van der Waals surface area contributed by atoms with E-state index in [0.29, 0.717) is 0 Å². The van der Waals surface area contributed by atoms with Gasteiger partial charge in [-0.15, -0.1) is 0 Å². The number of hydrogen-bond donors (Lipinski definition) is 1. The molecule has 14 heavy (non-hydrogen) atoms. The number of halogens is 1. The van der Waals surface area contributed by atoms with Crippen LogP contribution in [0.5, 0.6) is 0 Å². The Morgan fingerprint density at radius 2 is 1.93 bits per heavy atom. The summed E-state index contributed by atoms with van der Waals surface area (Å²) >= 11 is 0. The van der Waals surface area contributed by atoms with Crippen LogP contribution < -0.4 is 5.73 Å². The zero-order valence-corrected chi connectivity index (χ0v) is 8.33. The third-order valence-electron chi connectivity index (χ3n) is 2.34. The SMILES string of the molecule is CC(N)C(C)C(=O)c1ccccc1F. The van der Waals surface area contributed by atoms with Gasteiger partial charge in [0.25, 0.3) is 0 Å². The minimum absolute atomic E-state index is 0.123. The van der Waals surface area contributed by atoms with Gasteiger partial charge in [0.05, 0.1) is 5.56 Å². The van der Waals surface area contributed by atoms with Crippen LogP contribution in [0.25, 0.3) is 0 Å². The van der Waals surface area contributed by atoms with Crippen molar-refractivity contribution in [2.24, 2.45) is 11.7 Å². The Balaban J connectivity index is 2.95. The maximum absolute atomic E-state index is 13.2. The van der Waals surface area contributed by atoms with E-state index >= 15 is 0 Å². The summed E-state index contributed by atoms with van der Waals surface area (Å²) < 4.78 is 13.2. The molecule has 0 spiro atoms. The number of benzene rings is 1. The second-order valence-electron chi connectivity index (χ2n) is 3.49. The smallest absolute Gasteiger partial charge is 0.170 e. The highest BCUT2D eigenvalue weighted by molar-refractivity contribution is 5.98. The van der Waals surface area contributed by atoms with E-state index in [9.17, 15) is 9.18 Å². The van der Waals surface area contributed by atoms with Crippen LogP contribution in [0.4, 0.5) is 4.39 Å². The Morgan fingerprint density at radius 1 is 1.36 bits per heavy atom. The van der Waals surface area contributed by atoms with Gasteiger partial charge in [-0.25, -0.2) is 4.39 Å². The molecule has 2 N–H and O–H groups in total. The molecule has 0 heterocycles. The van der Waals surface area contributed by atoms with Crippen molar-refractivity contribution in [1.82, 2.24) is 0 Å². The lowest BCUT2D eigenvalue weighted by atomic mass is 9.94. The molecule has 2 atom stereocenters. The number of carbonyl (C=O) groups is 1. The van der Waals surface area contributed by atoms with E-state index in [4.69, 9.17) is 5.73 Å². The molecule has 76 valence electrons. The highest BCUT2D eigenvalue weighted by Crippen LogP contribution is 2.14. The number of nitrogens with two attached hydrogens (primary N) is 1. The molecule has 2 unspecified atom stereocenters. The second-order valence-corrected chi connectivity index (χ2v) is 3.49. The van der Waals surface area contributed by atoms with Crippen LogP contribution in [0.3, 0.4) is 0 Å². The van der Waals surface area contributed by atoms with Gasteiger partial charge in [0, 0.05) is 12.0 Å². The van der Waals surface area contributed by atoms with E-state index in [2.05, 4.69) is 0 Å². The molecule has 0 aliphatic heterocycles. The average molecular weight is 195 g/mol. The van der Waals surface area contributed by atoms with Crippen LogP contribution in [0.15, 0.2) is 24.3 Å². The summed E-state index contributed by atoms with van der Waals surface area (Å²) in [4.78, 5) is 11.7. The fourth-order valence-electron chi connectivity index (χ4n) is 1.15. The van der Waals surface area contributed by atoms with Crippen molar-refractivity contribution in [2.75, 3.05) is 0 Å². The molecule has 3 heteroatoms. The quantitative estimate of drug-likeness (QED) is 0.749. The zero-order valence-electron chi connectivity index (χ0n) is 8.33. The summed E-state index contributed by atoms with van der Waals surface area (Å²) in [5.41, 5.74) is 5.70. The Kier molecular flexibility index (Phi) is 3.36. The highest BCUT2D eigenvalue weighted by atomic mass is 19.1. The number of Topliss-reactive ketones (excluding diaryl/α,β-unsaturated/α-hetero) is 1. The van der Waals surface area contributed by atoms with Gasteiger partial charge in [-0.05, 0) is 19.1 Å². The fraction of sp³-hybridized carbons (Fsp3) is 0.364. The molecule has 0 aliphatic carbocycles. The van der Waals surface area contributed by atoms with E-state index in [1.54, 1.807) is 26.0 Å². The van der Waals surface area contributed by atoms with Gasteiger partial charge in [-0.3, -0.25) is 4.79 Å². The first-order chi connectivity index (χ1) is 6.54. The summed E-state index contributed by atoms with van der Waals surface area (Å²) in [6, 6.07) is 5.70. The molecule has 1 aromatic rings. The summed E-state index contributed by atoms with van der Waals surface area (Å²) in [7, 11) is 0. The molecule has 0 fully saturated rings. The van der Waals surface area contributed by atoms with Crippen LogP contribution in [-0.4, -0.2) is 11.8 Å². The lowest BCUT2D eigenvalue weighted by Gasteiger charge is -2.14. The third kappa shape index (κ3) is 2.17. The van der Waals surface area contributed by atoms with Gasteiger partial charge >= 0.3 is 0 Å². The van der Waals surface area contributed by atoms with Gasteiger partial charge in [0.2, 0.25) is 0 Å². The lowest BCUT2D eigenvalue weighted by molar-refractivity contribution is 0.0913. The van der Waals surface area contributed by atoms with Crippen molar-refractivity contribution >= 4 is 5.78 Å². The van der Waals surface area contributed by atoms with Crippen LogP contribution in [0, 0.1) is 11.7 Å². The first-order valence-corrected chi connectivity index (χ1v) is 4.58. The van der Waals surface area contributed by atoms with Gasteiger partial charge < -0.3 is 5.73 Å². The van der Waals surface area contributed by atoms with E-state index in [1.807, 2.05) is 0 Å². The molecule has 0 saturated carbocycles. The summed E-state index contributed by atoms with van der Waals surface area (Å²) in [5.74, 6) is -1.07. The molecule has 2 nitrogen and oxygen atoms in total. The predicted octanol–water partition coefficient (Wildman–Crippen LogP) is 1.99. The topological polar surface area (TPSA) is 43.1 Å². The minimum atomic E-state index is -0.481. The molecule has 0 saturated heterocycles. The average Bonchev–Trinajstić information content (AvgIpc) is 2.16. The van der Waals surface area contributed by atoms with E-state index in [1.165, 1.54) is 12.1 Å². The Labute approximate surface area is 82.9 Å². The molecule has 1 rings (SSSR count). The molecular formula is C11H14FNO. The number of rotatable bonds is 3. The zero-order chi connectivity index (χ0) is 10.7. The van der Waals surface area contributed by atoms with Crippen LogP contribution >= 0.6 is 0 Å². The largest absolute Gasteiger partial charge is 0.327 e. The van der Waals surface area contributed by atoms with Crippen molar-refractivity contribution in [1.29, 1.82) is 0 Å². The van der Waals surface area contributed by atoms with E-state index < -0.39 is 5.82 Å². The Morgan fingerprint density at radius 3 is 2.43 bits per heavy atom. The predicted molar refractivity (Wildman–Crippen MR) is 53.5 cm³/mol. The standard InChI is InChI=1S/C11H14FNO/c1-7(8(2)13)11(14)9-5-3-4-6-10(9)12/h3-8H,13H2,1-2H3. The Hall–Kier alpha value is -1.22. The van der Waals surface area contributed by atoms with E-state index in [-0.39, 0.29) is 23.3 Å². The maximum atomic E-state index is 13.2. The summed E-state index contributed by atoms with van der Waals surface area (Å²) in [6.07, 6.45) is 0. The lowest BCUT2D eigenvalue weighted by Crippen LogP contribution is -2.31. The summed E-state index contributed by atoms with van der Waals surface area (Å²) in [6.45, 7) is 3.45. The monoisotopic (exact) mass is 195 g/mol. The molecule has 0 radical (unpaired) electrons. The van der Waals surface area contributed by atoms with Gasteiger partial charge in [0.1, 0.15) is 5.82 Å². The van der Waals surface area contributed by atoms with Crippen LogP contribution in [0.1, 0.15) is 24.2 Å². The van der Waals surface area contributed by atoms with Crippen molar-refractivity contribution in [3.8, 4) is 0 Å². The first kappa shape index (κ1) is 10.9. The van der Waals surface area contributed by atoms with Gasteiger partial charge in [-0.1, -0.05) is 19.1 Å². The van der Waals surface area contributed by atoms with Crippen molar-refractivity contribution in [3.05, 3.63) is 35.6 Å².